The van der Waals surface area contributed by atoms with Crippen molar-refractivity contribution >= 4 is 22.0 Å². The minimum absolute atomic E-state index is 0.0296. The first-order valence-corrected chi connectivity index (χ1v) is 8.75. The maximum Gasteiger partial charge on any atom is 0.194 e. The molecule has 1 saturated carbocycles. The molecule has 0 amide bonds. The zero-order chi connectivity index (χ0) is 15.6. The number of nitrogens with one attached hydrogen (secondary N) is 1. The number of benzene rings is 1. The van der Waals surface area contributed by atoms with Gasteiger partial charge in [-0.2, -0.15) is 0 Å². The summed E-state index contributed by atoms with van der Waals surface area (Å²) in [6.07, 6.45) is 4.62. The fraction of sp³-hybridized carbons (Fsp3) is 0.353. The molecule has 2 aromatic heterocycles. The topological polar surface area (TPSA) is 58.8 Å². The van der Waals surface area contributed by atoms with Gasteiger partial charge in [0, 0.05) is 23.2 Å². The highest BCUT2D eigenvalue weighted by Crippen LogP contribution is 2.41. The van der Waals surface area contributed by atoms with E-state index < -0.39 is 0 Å². The molecule has 23 heavy (non-hydrogen) atoms. The quantitative estimate of drug-likeness (QED) is 0.698. The molecule has 0 radical (unpaired) electrons. The van der Waals surface area contributed by atoms with Gasteiger partial charge in [0.05, 0.1) is 24.5 Å². The van der Waals surface area contributed by atoms with E-state index in [1.165, 1.54) is 24.2 Å². The molecule has 0 aliphatic heterocycles. The van der Waals surface area contributed by atoms with Crippen LogP contribution in [0, 0.1) is 0 Å². The Kier molecular flexibility index (Phi) is 3.93. The Morgan fingerprint density at radius 1 is 1.30 bits per heavy atom. The van der Waals surface area contributed by atoms with Crippen LogP contribution < -0.4 is 10.1 Å². The van der Waals surface area contributed by atoms with Gasteiger partial charge in [-0.3, -0.25) is 4.40 Å². The van der Waals surface area contributed by atoms with E-state index in [1.807, 2.05) is 24.3 Å². The van der Waals surface area contributed by atoms with Crippen LogP contribution in [0.5, 0.6) is 5.75 Å². The average molecular weight is 329 g/mol. The van der Waals surface area contributed by atoms with Crippen LogP contribution in [-0.4, -0.2) is 27.7 Å². The number of imidazole rings is 1. The molecule has 2 heterocycles. The molecule has 0 spiro atoms. The number of hydrogen-bond donors (Lipinski definition) is 2. The molecule has 6 heteroatoms. The molecular weight excluding hydrogens is 310 g/mol. The molecule has 120 valence electrons. The molecule has 4 rings (SSSR count). The molecule has 1 aromatic carbocycles. The van der Waals surface area contributed by atoms with Crippen molar-refractivity contribution in [1.29, 1.82) is 0 Å². The van der Waals surface area contributed by atoms with Gasteiger partial charge in [-0.15, -0.1) is 11.3 Å². The number of fused-ring (bicyclic) bond motifs is 1. The molecule has 0 bridgehead atoms. The number of hydrogen-bond acceptors (Lipinski definition) is 5. The molecule has 1 fully saturated rings. The fourth-order valence-electron chi connectivity index (χ4n) is 2.73. The van der Waals surface area contributed by atoms with E-state index in [0.717, 1.165) is 22.9 Å². The van der Waals surface area contributed by atoms with Crippen molar-refractivity contribution in [2.75, 3.05) is 18.5 Å². The van der Waals surface area contributed by atoms with Crippen molar-refractivity contribution in [3.63, 3.8) is 0 Å². The van der Waals surface area contributed by atoms with E-state index in [4.69, 9.17) is 14.8 Å². The Hall–Kier alpha value is -2.05. The third-order valence-corrected chi connectivity index (χ3v) is 4.79. The summed E-state index contributed by atoms with van der Waals surface area (Å²) < 4.78 is 7.57. The van der Waals surface area contributed by atoms with Gasteiger partial charge in [0.15, 0.2) is 4.96 Å². The SMILES string of the molecule is OCCOc1ccc(NCc2c(C3CC3)nc3sccn23)cc1. The lowest BCUT2D eigenvalue weighted by atomic mass is 10.2. The molecule has 5 nitrogen and oxygen atoms in total. The number of aliphatic hydroxyl groups excluding tert-OH is 1. The second-order valence-corrected chi connectivity index (χ2v) is 6.60. The van der Waals surface area contributed by atoms with Crippen molar-refractivity contribution in [3.8, 4) is 5.75 Å². The lowest BCUT2D eigenvalue weighted by Gasteiger charge is -2.09. The smallest absolute Gasteiger partial charge is 0.194 e. The Bertz CT molecular complexity index is 790. The maximum atomic E-state index is 8.77. The maximum absolute atomic E-state index is 8.77. The van der Waals surface area contributed by atoms with E-state index in [-0.39, 0.29) is 6.61 Å². The van der Waals surface area contributed by atoms with Crippen molar-refractivity contribution in [2.45, 2.75) is 25.3 Å². The number of thiazole rings is 1. The Labute approximate surface area is 138 Å². The van der Waals surface area contributed by atoms with Gasteiger partial charge in [0.1, 0.15) is 12.4 Å². The lowest BCUT2D eigenvalue weighted by molar-refractivity contribution is 0.201. The minimum atomic E-state index is 0.0296. The third kappa shape index (κ3) is 3.04. The largest absolute Gasteiger partial charge is 0.491 e. The standard InChI is InChI=1S/C17H19N3O2S/c21-8-9-22-14-5-3-13(4-6-14)18-11-15-16(12-1-2-12)19-17-20(15)7-10-23-17/h3-7,10,12,18,21H,1-2,8-9,11H2. The van der Waals surface area contributed by atoms with Crippen LogP contribution in [0.15, 0.2) is 35.8 Å². The first kappa shape index (κ1) is 14.5. The summed E-state index contributed by atoms with van der Waals surface area (Å²) in [5, 5.41) is 14.3. The van der Waals surface area contributed by atoms with E-state index in [2.05, 4.69) is 21.3 Å². The average Bonchev–Trinajstić information content (AvgIpc) is 3.22. The molecule has 3 aromatic rings. The van der Waals surface area contributed by atoms with Gasteiger partial charge in [-0.25, -0.2) is 4.98 Å². The van der Waals surface area contributed by atoms with Gasteiger partial charge >= 0.3 is 0 Å². The highest BCUT2D eigenvalue weighted by Gasteiger charge is 2.30. The molecular formula is C17H19N3O2S. The molecule has 1 aliphatic rings. The monoisotopic (exact) mass is 329 g/mol. The van der Waals surface area contributed by atoms with Crippen molar-refractivity contribution in [3.05, 3.63) is 47.2 Å². The number of anilines is 1. The predicted molar refractivity (Wildman–Crippen MR) is 91.4 cm³/mol. The van der Waals surface area contributed by atoms with Gasteiger partial charge in [-0.1, -0.05) is 0 Å². The van der Waals surface area contributed by atoms with Gasteiger partial charge in [-0.05, 0) is 37.1 Å². The number of rotatable bonds is 7. The summed E-state index contributed by atoms with van der Waals surface area (Å²) in [6.45, 7) is 1.12. The van der Waals surface area contributed by atoms with Gasteiger partial charge in [0.25, 0.3) is 0 Å². The number of aromatic nitrogens is 2. The van der Waals surface area contributed by atoms with Crippen LogP contribution in [0.4, 0.5) is 5.69 Å². The van der Waals surface area contributed by atoms with Crippen molar-refractivity contribution < 1.29 is 9.84 Å². The van der Waals surface area contributed by atoms with Crippen LogP contribution in [-0.2, 0) is 6.54 Å². The normalized spacial score (nSPS) is 14.3. The van der Waals surface area contributed by atoms with Crippen LogP contribution in [0.2, 0.25) is 0 Å². The van der Waals surface area contributed by atoms with E-state index in [9.17, 15) is 0 Å². The highest BCUT2D eigenvalue weighted by atomic mass is 32.1. The van der Waals surface area contributed by atoms with Crippen LogP contribution in [0.3, 0.4) is 0 Å². The molecule has 2 N–H and O–H groups in total. The molecule has 0 atom stereocenters. The summed E-state index contributed by atoms with van der Waals surface area (Å²) in [5.74, 6) is 1.42. The van der Waals surface area contributed by atoms with E-state index in [1.54, 1.807) is 11.3 Å². The number of nitrogens with zero attached hydrogens (tertiary/aromatic N) is 2. The highest BCUT2D eigenvalue weighted by molar-refractivity contribution is 7.15. The Morgan fingerprint density at radius 3 is 2.87 bits per heavy atom. The third-order valence-electron chi connectivity index (χ3n) is 4.03. The van der Waals surface area contributed by atoms with Crippen LogP contribution >= 0.6 is 11.3 Å². The predicted octanol–water partition coefficient (Wildman–Crippen LogP) is 3.26. The van der Waals surface area contributed by atoms with Crippen LogP contribution in [0.25, 0.3) is 4.96 Å². The first-order valence-electron chi connectivity index (χ1n) is 7.87. The number of ether oxygens (including phenoxy) is 1. The van der Waals surface area contributed by atoms with E-state index >= 15 is 0 Å². The summed E-state index contributed by atoms with van der Waals surface area (Å²) in [7, 11) is 0. The summed E-state index contributed by atoms with van der Waals surface area (Å²) in [4.78, 5) is 5.87. The minimum Gasteiger partial charge on any atom is -0.491 e. The first-order chi connectivity index (χ1) is 11.3. The van der Waals surface area contributed by atoms with Crippen molar-refractivity contribution in [1.82, 2.24) is 9.38 Å². The number of aliphatic hydroxyl groups is 1. The summed E-state index contributed by atoms with van der Waals surface area (Å²) in [6, 6.07) is 7.82. The van der Waals surface area contributed by atoms with Crippen LogP contribution in [0.1, 0.15) is 30.1 Å². The zero-order valence-electron chi connectivity index (χ0n) is 12.7. The Balaban J connectivity index is 1.48. The molecule has 1 aliphatic carbocycles. The second-order valence-electron chi connectivity index (χ2n) is 5.72. The van der Waals surface area contributed by atoms with Gasteiger partial charge < -0.3 is 15.2 Å². The zero-order valence-corrected chi connectivity index (χ0v) is 13.6. The molecule has 0 saturated heterocycles. The van der Waals surface area contributed by atoms with E-state index in [0.29, 0.717) is 12.5 Å². The second kappa shape index (κ2) is 6.22. The van der Waals surface area contributed by atoms with Crippen molar-refractivity contribution in [2.24, 2.45) is 0 Å². The Morgan fingerprint density at radius 2 is 2.13 bits per heavy atom. The lowest BCUT2D eigenvalue weighted by Crippen LogP contribution is -2.05. The fourth-order valence-corrected chi connectivity index (χ4v) is 3.47. The molecule has 0 unspecified atom stereocenters. The van der Waals surface area contributed by atoms with Gasteiger partial charge in [0.2, 0.25) is 0 Å². The summed E-state index contributed by atoms with van der Waals surface area (Å²) in [5.41, 5.74) is 3.57. The summed E-state index contributed by atoms with van der Waals surface area (Å²) >= 11 is 1.69.